The van der Waals surface area contributed by atoms with Gasteiger partial charge in [0.2, 0.25) is 5.89 Å². The Morgan fingerprint density at radius 3 is 2.83 bits per heavy atom. The molecule has 0 bridgehead atoms. The van der Waals surface area contributed by atoms with Gasteiger partial charge < -0.3 is 10.3 Å². The third-order valence-corrected chi connectivity index (χ3v) is 3.81. The third kappa shape index (κ3) is 2.11. The summed E-state index contributed by atoms with van der Waals surface area (Å²) in [4.78, 5) is 4.31. The Labute approximate surface area is 114 Å². The minimum atomic E-state index is -0.521. The van der Waals surface area contributed by atoms with Crippen LogP contribution in [0.2, 0.25) is 10.0 Å². The maximum Gasteiger partial charge on any atom is 0.229 e. The lowest BCUT2D eigenvalue weighted by Crippen LogP contribution is -2.14. The van der Waals surface area contributed by atoms with Crippen LogP contribution in [0.25, 0.3) is 0 Å². The van der Waals surface area contributed by atoms with E-state index < -0.39 is 6.04 Å². The summed E-state index contributed by atoms with van der Waals surface area (Å²) >= 11 is 12.1. The zero-order valence-corrected chi connectivity index (χ0v) is 10.9. The molecule has 1 unspecified atom stereocenters. The fourth-order valence-electron chi connectivity index (χ4n) is 1.77. The highest BCUT2D eigenvalue weighted by Gasteiger charge is 2.30. The summed E-state index contributed by atoms with van der Waals surface area (Å²) in [5, 5.41) is 4.81. The Hall–Kier alpha value is -1.10. The van der Waals surface area contributed by atoms with E-state index in [4.69, 9.17) is 33.5 Å². The van der Waals surface area contributed by atoms with E-state index in [0.717, 1.165) is 12.8 Å². The van der Waals surface area contributed by atoms with Crippen molar-refractivity contribution in [3.05, 3.63) is 45.5 Å². The fraction of sp³-hybridized carbons (Fsp3) is 0.333. The Morgan fingerprint density at radius 1 is 1.33 bits per heavy atom. The van der Waals surface area contributed by atoms with Crippen LogP contribution >= 0.6 is 23.2 Å². The number of hydrogen-bond acceptors (Lipinski definition) is 4. The number of aromatic nitrogens is 2. The van der Waals surface area contributed by atoms with Crippen molar-refractivity contribution >= 4 is 23.2 Å². The second-order valence-electron chi connectivity index (χ2n) is 4.39. The van der Waals surface area contributed by atoms with Crippen molar-refractivity contribution in [3.63, 3.8) is 0 Å². The molecule has 1 aromatic heterocycles. The number of hydrogen-bond donors (Lipinski definition) is 1. The molecule has 18 heavy (non-hydrogen) atoms. The number of rotatable bonds is 3. The van der Waals surface area contributed by atoms with Crippen LogP contribution in [-0.4, -0.2) is 10.1 Å². The van der Waals surface area contributed by atoms with Crippen molar-refractivity contribution in [2.45, 2.75) is 24.8 Å². The first kappa shape index (κ1) is 12.0. The van der Waals surface area contributed by atoms with E-state index >= 15 is 0 Å². The maximum atomic E-state index is 6.12. The Morgan fingerprint density at radius 2 is 2.11 bits per heavy atom. The molecular weight excluding hydrogens is 273 g/mol. The lowest BCUT2D eigenvalue weighted by atomic mass is 10.1. The highest BCUT2D eigenvalue weighted by molar-refractivity contribution is 6.42. The lowest BCUT2D eigenvalue weighted by molar-refractivity contribution is 0.372. The van der Waals surface area contributed by atoms with Crippen molar-refractivity contribution in [1.29, 1.82) is 0 Å². The topological polar surface area (TPSA) is 64.9 Å². The van der Waals surface area contributed by atoms with Crippen LogP contribution in [0.1, 0.15) is 42.1 Å². The molecule has 1 aliphatic carbocycles. The summed E-state index contributed by atoms with van der Waals surface area (Å²) < 4.78 is 5.18. The molecular formula is C12H11Cl2N3O. The van der Waals surface area contributed by atoms with Gasteiger partial charge in [-0.05, 0) is 24.5 Å². The van der Waals surface area contributed by atoms with Crippen LogP contribution in [0.3, 0.4) is 0 Å². The predicted molar refractivity (Wildman–Crippen MR) is 68.8 cm³/mol. The molecule has 0 aliphatic heterocycles. The van der Waals surface area contributed by atoms with Crippen LogP contribution in [0.5, 0.6) is 0 Å². The molecule has 0 spiro atoms. The van der Waals surface area contributed by atoms with Crippen LogP contribution < -0.4 is 5.73 Å². The van der Waals surface area contributed by atoms with E-state index in [2.05, 4.69) is 10.1 Å². The monoisotopic (exact) mass is 283 g/mol. The molecule has 1 aromatic carbocycles. The second-order valence-corrected chi connectivity index (χ2v) is 5.17. The zero-order valence-electron chi connectivity index (χ0n) is 9.44. The van der Waals surface area contributed by atoms with E-state index in [-0.39, 0.29) is 0 Å². The van der Waals surface area contributed by atoms with Gasteiger partial charge >= 0.3 is 0 Å². The molecule has 2 aromatic rings. The van der Waals surface area contributed by atoms with E-state index in [9.17, 15) is 0 Å². The highest BCUT2D eigenvalue weighted by atomic mass is 35.5. The summed E-state index contributed by atoms with van der Waals surface area (Å²) in [7, 11) is 0. The van der Waals surface area contributed by atoms with Gasteiger partial charge in [0, 0.05) is 5.92 Å². The molecule has 1 saturated carbocycles. The quantitative estimate of drug-likeness (QED) is 0.939. The summed E-state index contributed by atoms with van der Waals surface area (Å²) in [5.74, 6) is 1.52. The van der Waals surface area contributed by atoms with Crippen molar-refractivity contribution in [1.82, 2.24) is 10.1 Å². The summed E-state index contributed by atoms with van der Waals surface area (Å²) in [6.07, 6.45) is 2.21. The molecule has 1 fully saturated rings. The van der Waals surface area contributed by atoms with Gasteiger partial charge in [0.1, 0.15) is 0 Å². The van der Waals surface area contributed by atoms with Crippen LogP contribution in [0.15, 0.2) is 22.7 Å². The van der Waals surface area contributed by atoms with Gasteiger partial charge in [-0.25, -0.2) is 0 Å². The van der Waals surface area contributed by atoms with E-state index in [1.165, 1.54) is 0 Å². The van der Waals surface area contributed by atoms with E-state index in [1.807, 2.05) is 6.07 Å². The van der Waals surface area contributed by atoms with Crippen LogP contribution in [0.4, 0.5) is 0 Å². The maximum absolute atomic E-state index is 6.12. The Balaban J connectivity index is 1.92. The minimum absolute atomic E-state index is 0.410. The number of benzene rings is 1. The average Bonchev–Trinajstić information content (AvgIpc) is 3.10. The van der Waals surface area contributed by atoms with Gasteiger partial charge in [0.15, 0.2) is 5.82 Å². The Kier molecular flexibility index (Phi) is 3.01. The number of nitrogens with zero attached hydrogens (tertiary/aromatic N) is 2. The van der Waals surface area contributed by atoms with Gasteiger partial charge in [0.25, 0.3) is 0 Å². The molecule has 1 aliphatic rings. The van der Waals surface area contributed by atoms with Gasteiger partial charge in [0.05, 0.1) is 16.1 Å². The molecule has 0 saturated heterocycles. The molecule has 3 rings (SSSR count). The van der Waals surface area contributed by atoms with Gasteiger partial charge in [-0.2, -0.15) is 4.98 Å². The molecule has 0 amide bonds. The molecule has 4 nitrogen and oxygen atoms in total. The Bertz CT molecular complexity index is 580. The fourth-order valence-corrected chi connectivity index (χ4v) is 2.19. The first-order valence-corrected chi connectivity index (χ1v) is 6.45. The molecule has 2 N–H and O–H groups in total. The van der Waals surface area contributed by atoms with Gasteiger partial charge in [-0.1, -0.05) is 40.5 Å². The molecule has 1 heterocycles. The highest BCUT2D eigenvalue weighted by Crippen LogP contribution is 2.39. The van der Waals surface area contributed by atoms with Crippen molar-refractivity contribution in [2.24, 2.45) is 5.73 Å². The normalized spacial score (nSPS) is 16.8. The summed E-state index contributed by atoms with van der Waals surface area (Å²) in [6.45, 7) is 0. The largest absolute Gasteiger partial charge is 0.339 e. The molecule has 0 radical (unpaired) electrons. The third-order valence-electron chi connectivity index (χ3n) is 2.98. The van der Waals surface area contributed by atoms with Crippen LogP contribution in [0, 0.1) is 0 Å². The predicted octanol–water partition coefficient (Wildman–Crippen LogP) is 3.30. The number of halogens is 2. The second kappa shape index (κ2) is 4.53. The minimum Gasteiger partial charge on any atom is -0.339 e. The summed E-state index contributed by atoms with van der Waals surface area (Å²) in [5.41, 5.74) is 6.79. The van der Waals surface area contributed by atoms with E-state index in [0.29, 0.717) is 33.2 Å². The SMILES string of the molecule is NC(c1noc(C2CC2)n1)c1cccc(Cl)c1Cl. The van der Waals surface area contributed by atoms with Crippen molar-refractivity contribution in [2.75, 3.05) is 0 Å². The molecule has 94 valence electrons. The molecule has 1 atom stereocenters. The first-order valence-electron chi connectivity index (χ1n) is 5.70. The lowest BCUT2D eigenvalue weighted by Gasteiger charge is -2.10. The van der Waals surface area contributed by atoms with E-state index in [1.54, 1.807) is 12.1 Å². The number of nitrogens with two attached hydrogens (primary N) is 1. The first-order chi connectivity index (χ1) is 8.66. The zero-order chi connectivity index (χ0) is 12.7. The molecule has 6 heteroatoms. The standard InChI is InChI=1S/C12H11Cl2N3O/c13-8-3-1-2-7(9(8)14)10(15)11-16-12(18-17-11)6-4-5-6/h1-3,6,10H,4-5,15H2. The van der Waals surface area contributed by atoms with Crippen molar-refractivity contribution < 1.29 is 4.52 Å². The van der Waals surface area contributed by atoms with Gasteiger partial charge in [-0.3, -0.25) is 0 Å². The van der Waals surface area contributed by atoms with Crippen molar-refractivity contribution in [3.8, 4) is 0 Å². The average molecular weight is 284 g/mol. The van der Waals surface area contributed by atoms with Gasteiger partial charge in [-0.15, -0.1) is 0 Å². The smallest absolute Gasteiger partial charge is 0.229 e. The summed E-state index contributed by atoms with van der Waals surface area (Å²) in [6, 6.07) is 4.80. The van der Waals surface area contributed by atoms with Crippen LogP contribution in [-0.2, 0) is 0 Å².